The first kappa shape index (κ1) is 19.1. The molecule has 0 aromatic heterocycles. The van der Waals surface area contributed by atoms with Gasteiger partial charge in [0.1, 0.15) is 36.3 Å². The van der Waals surface area contributed by atoms with Crippen LogP contribution in [-0.2, 0) is 9.47 Å². The Hall–Kier alpha value is -1.26. The Labute approximate surface area is 139 Å². The zero-order valence-corrected chi connectivity index (χ0v) is 13.5. The van der Waals surface area contributed by atoms with Gasteiger partial charge in [-0.3, -0.25) is 0 Å². The van der Waals surface area contributed by atoms with Crippen LogP contribution in [0.15, 0.2) is 24.3 Å². The van der Waals surface area contributed by atoms with Gasteiger partial charge in [0.15, 0.2) is 6.29 Å². The van der Waals surface area contributed by atoms with E-state index in [2.05, 4.69) is 0 Å². The zero-order chi connectivity index (χ0) is 17.9. The summed E-state index contributed by atoms with van der Waals surface area (Å²) in [5.74, 6) is 0.635. The highest BCUT2D eigenvalue weighted by Crippen LogP contribution is 2.30. The highest BCUT2D eigenvalue weighted by molar-refractivity contribution is 5.29. The summed E-state index contributed by atoms with van der Waals surface area (Å²) in [6.07, 6.45) is -8.70. The molecule has 2 rings (SSSR count). The second-order valence-corrected chi connectivity index (χ2v) is 5.77. The monoisotopic (exact) mass is 344 g/mol. The lowest BCUT2D eigenvalue weighted by Gasteiger charge is -2.41. The molecule has 0 amide bonds. The van der Waals surface area contributed by atoms with Crippen molar-refractivity contribution in [2.75, 3.05) is 13.7 Å². The van der Waals surface area contributed by atoms with E-state index in [1.807, 2.05) is 0 Å². The third-order valence-corrected chi connectivity index (χ3v) is 4.01. The van der Waals surface area contributed by atoms with Crippen molar-refractivity contribution < 1.29 is 39.7 Å². The summed E-state index contributed by atoms with van der Waals surface area (Å²) in [4.78, 5) is 0. The summed E-state index contributed by atoms with van der Waals surface area (Å²) in [6.45, 7) is 0.964. The molecule has 8 heteroatoms. The van der Waals surface area contributed by atoms with E-state index in [-0.39, 0.29) is 0 Å². The Morgan fingerprint density at radius 1 is 1.08 bits per heavy atom. The lowest BCUT2D eigenvalue weighted by molar-refractivity contribution is -0.317. The molecule has 0 radical (unpaired) electrons. The molecule has 7 atom stereocenters. The maximum atomic E-state index is 10.0. The molecule has 1 heterocycles. The number of benzene rings is 1. The number of aliphatic hydroxyl groups is 5. The van der Waals surface area contributed by atoms with E-state index in [1.54, 1.807) is 24.3 Å². The van der Waals surface area contributed by atoms with Gasteiger partial charge in [0.2, 0.25) is 0 Å². The Kier molecular flexibility index (Phi) is 6.53. The minimum absolute atomic E-state index is 0.549. The van der Waals surface area contributed by atoms with Crippen molar-refractivity contribution in [3.05, 3.63) is 29.8 Å². The van der Waals surface area contributed by atoms with Gasteiger partial charge in [0.05, 0.1) is 19.8 Å². The van der Waals surface area contributed by atoms with Crippen LogP contribution < -0.4 is 4.74 Å². The fourth-order valence-corrected chi connectivity index (χ4v) is 2.59. The van der Waals surface area contributed by atoms with E-state index in [0.717, 1.165) is 0 Å². The van der Waals surface area contributed by atoms with Crippen LogP contribution in [0.4, 0.5) is 0 Å². The smallest absolute Gasteiger partial charge is 0.187 e. The molecule has 0 unspecified atom stereocenters. The van der Waals surface area contributed by atoms with Gasteiger partial charge in [0.25, 0.3) is 0 Å². The molecule has 5 N–H and O–H groups in total. The second kappa shape index (κ2) is 8.21. The van der Waals surface area contributed by atoms with Crippen LogP contribution in [-0.4, -0.2) is 76.1 Å². The molecule has 24 heavy (non-hydrogen) atoms. The van der Waals surface area contributed by atoms with Gasteiger partial charge < -0.3 is 39.7 Å². The molecule has 1 aromatic carbocycles. The largest absolute Gasteiger partial charge is 0.497 e. The summed E-state index contributed by atoms with van der Waals surface area (Å²) in [5, 5.41) is 48.8. The summed E-state index contributed by atoms with van der Waals surface area (Å²) in [5.41, 5.74) is 0.614. The molecular weight excluding hydrogens is 320 g/mol. The van der Waals surface area contributed by atoms with Crippen LogP contribution in [0.1, 0.15) is 18.6 Å². The summed E-state index contributed by atoms with van der Waals surface area (Å²) < 4.78 is 16.0. The van der Waals surface area contributed by atoms with Gasteiger partial charge in [0, 0.05) is 0 Å². The molecule has 136 valence electrons. The SMILES string of the molecule is COc1ccc([C@H](O[C@@H]2O[C@@H](CO)[C@@H](O)[C@@H](O)[C@H]2O)[C@H](C)O)cc1. The molecular formula is C16H24O8. The lowest BCUT2D eigenvalue weighted by atomic mass is 9.99. The van der Waals surface area contributed by atoms with E-state index in [0.29, 0.717) is 11.3 Å². The minimum Gasteiger partial charge on any atom is -0.497 e. The topological polar surface area (TPSA) is 129 Å². The third-order valence-electron chi connectivity index (χ3n) is 4.01. The normalized spacial score (nSPS) is 33.0. The van der Waals surface area contributed by atoms with Crippen molar-refractivity contribution in [3.8, 4) is 5.75 Å². The molecule has 1 aliphatic heterocycles. The molecule has 0 aliphatic carbocycles. The van der Waals surface area contributed by atoms with Crippen LogP contribution in [0.2, 0.25) is 0 Å². The number of methoxy groups -OCH3 is 1. The molecule has 0 spiro atoms. The highest BCUT2D eigenvalue weighted by atomic mass is 16.7. The van der Waals surface area contributed by atoms with E-state index >= 15 is 0 Å². The molecule has 1 fully saturated rings. The number of hydrogen-bond acceptors (Lipinski definition) is 8. The van der Waals surface area contributed by atoms with Crippen LogP contribution in [0.5, 0.6) is 5.75 Å². The number of ether oxygens (including phenoxy) is 3. The van der Waals surface area contributed by atoms with E-state index < -0.39 is 49.5 Å². The maximum Gasteiger partial charge on any atom is 0.187 e. The molecule has 0 bridgehead atoms. The van der Waals surface area contributed by atoms with Crippen molar-refractivity contribution in [2.45, 2.75) is 49.8 Å². The fourth-order valence-electron chi connectivity index (χ4n) is 2.59. The van der Waals surface area contributed by atoms with Crippen molar-refractivity contribution in [1.82, 2.24) is 0 Å². The molecule has 1 aromatic rings. The van der Waals surface area contributed by atoms with Gasteiger partial charge in [-0.25, -0.2) is 0 Å². The second-order valence-electron chi connectivity index (χ2n) is 5.77. The average Bonchev–Trinajstić information content (AvgIpc) is 2.59. The summed E-state index contributed by atoms with van der Waals surface area (Å²) >= 11 is 0. The summed E-state index contributed by atoms with van der Waals surface area (Å²) in [7, 11) is 1.53. The van der Waals surface area contributed by atoms with E-state index in [4.69, 9.17) is 14.2 Å². The quantitative estimate of drug-likeness (QED) is 0.441. The van der Waals surface area contributed by atoms with Crippen LogP contribution in [0.25, 0.3) is 0 Å². The first-order chi connectivity index (χ1) is 11.4. The molecule has 0 saturated carbocycles. The Bertz CT molecular complexity index is 503. The van der Waals surface area contributed by atoms with Gasteiger partial charge >= 0.3 is 0 Å². The first-order valence-corrected chi connectivity index (χ1v) is 7.67. The predicted molar refractivity (Wildman–Crippen MR) is 82.3 cm³/mol. The fraction of sp³-hybridized carbons (Fsp3) is 0.625. The lowest BCUT2D eigenvalue weighted by Crippen LogP contribution is -2.59. The number of rotatable bonds is 6. The van der Waals surface area contributed by atoms with Crippen molar-refractivity contribution in [3.63, 3.8) is 0 Å². The first-order valence-electron chi connectivity index (χ1n) is 7.67. The van der Waals surface area contributed by atoms with Crippen molar-refractivity contribution in [1.29, 1.82) is 0 Å². The van der Waals surface area contributed by atoms with Gasteiger partial charge in [-0.2, -0.15) is 0 Å². The van der Waals surface area contributed by atoms with Gasteiger partial charge in [-0.05, 0) is 24.6 Å². The molecule has 8 nitrogen and oxygen atoms in total. The van der Waals surface area contributed by atoms with E-state index in [9.17, 15) is 25.5 Å². The third kappa shape index (κ3) is 4.04. The van der Waals surface area contributed by atoms with Crippen molar-refractivity contribution >= 4 is 0 Å². The van der Waals surface area contributed by atoms with E-state index in [1.165, 1.54) is 14.0 Å². The number of aliphatic hydroxyl groups excluding tert-OH is 5. The van der Waals surface area contributed by atoms with Crippen LogP contribution >= 0.6 is 0 Å². The number of hydrogen-bond donors (Lipinski definition) is 5. The van der Waals surface area contributed by atoms with Gasteiger partial charge in [-0.15, -0.1) is 0 Å². The maximum absolute atomic E-state index is 10.0. The van der Waals surface area contributed by atoms with Crippen LogP contribution in [0.3, 0.4) is 0 Å². The minimum atomic E-state index is -1.54. The standard InChI is InChI=1S/C16H24O8/c1-8(18)15(9-3-5-10(22-2)6-4-9)24-16-14(21)13(20)12(19)11(7-17)23-16/h3-6,8,11-21H,7H2,1-2H3/t8-,11-,12+,13+,14+,15+,16-/m0/s1. The Morgan fingerprint density at radius 2 is 1.71 bits per heavy atom. The predicted octanol–water partition coefficient (Wildman–Crippen LogP) is -1.07. The highest BCUT2D eigenvalue weighted by Gasteiger charge is 2.45. The Balaban J connectivity index is 2.17. The summed E-state index contributed by atoms with van der Waals surface area (Å²) in [6, 6.07) is 6.78. The molecule has 1 saturated heterocycles. The van der Waals surface area contributed by atoms with Crippen LogP contribution in [0, 0.1) is 0 Å². The van der Waals surface area contributed by atoms with Gasteiger partial charge in [-0.1, -0.05) is 12.1 Å². The Morgan fingerprint density at radius 3 is 2.21 bits per heavy atom. The zero-order valence-electron chi connectivity index (χ0n) is 13.5. The van der Waals surface area contributed by atoms with Crippen molar-refractivity contribution in [2.24, 2.45) is 0 Å². The average molecular weight is 344 g/mol. The molecule has 1 aliphatic rings.